The second-order valence-electron chi connectivity index (χ2n) is 6.66. The van der Waals surface area contributed by atoms with Crippen LogP contribution in [-0.2, 0) is 9.59 Å². The summed E-state index contributed by atoms with van der Waals surface area (Å²) in [5.41, 5.74) is 0.801. The third-order valence-corrected chi connectivity index (χ3v) is 4.79. The molecular weight excluding hydrogens is 292 g/mol. The van der Waals surface area contributed by atoms with Crippen LogP contribution in [0.2, 0.25) is 0 Å². The molecule has 2 amide bonds. The number of aliphatic hydroxyl groups is 1. The highest BCUT2D eigenvalue weighted by molar-refractivity contribution is 6.25. The van der Waals surface area contributed by atoms with Gasteiger partial charge in [0.25, 0.3) is 11.8 Å². The minimum absolute atomic E-state index is 0.0977. The summed E-state index contributed by atoms with van der Waals surface area (Å²) < 4.78 is 0. The fraction of sp³-hybridized carbons (Fsp3) is 0.444. The fourth-order valence-electron chi connectivity index (χ4n) is 3.54. The normalized spacial score (nSPS) is 19.5. The predicted molar refractivity (Wildman–Crippen MR) is 88.2 cm³/mol. The van der Waals surface area contributed by atoms with Crippen LogP contribution in [0, 0.1) is 0 Å². The zero-order valence-electron chi connectivity index (χ0n) is 13.5. The summed E-state index contributed by atoms with van der Waals surface area (Å²) in [4.78, 5) is 24.8. The molecule has 0 bridgehead atoms. The lowest BCUT2D eigenvalue weighted by Gasteiger charge is -2.23. The number of anilines is 1. The Bertz CT molecular complexity index is 685. The molecule has 1 saturated carbocycles. The molecule has 5 heteroatoms. The number of hydrogen-bond donors (Lipinski definition) is 3. The average Bonchev–Trinajstić information content (AvgIpc) is 3.06. The van der Waals surface area contributed by atoms with E-state index in [-0.39, 0.29) is 17.3 Å². The van der Waals surface area contributed by atoms with E-state index in [0.29, 0.717) is 18.5 Å². The highest BCUT2D eigenvalue weighted by Gasteiger charge is 2.49. The van der Waals surface area contributed by atoms with Gasteiger partial charge in [-0.2, -0.15) is 0 Å². The predicted octanol–water partition coefficient (Wildman–Crippen LogP) is 3.00. The lowest BCUT2D eigenvalue weighted by Crippen LogP contribution is -2.42. The van der Waals surface area contributed by atoms with Crippen LogP contribution in [0.25, 0.3) is 0 Å². The van der Waals surface area contributed by atoms with E-state index in [9.17, 15) is 14.7 Å². The number of amides is 2. The van der Waals surface area contributed by atoms with Gasteiger partial charge in [0.15, 0.2) is 0 Å². The van der Waals surface area contributed by atoms with Crippen molar-refractivity contribution < 1.29 is 14.7 Å². The van der Waals surface area contributed by atoms with Gasteiger partial charge in [0, 0.05) is 5.69 Å². The summed E-state index contributed by atoms with van der Waals surface area (Å²) in [6, 6.07) is 7.51. The Hall–Kier alpha value is -2.30. The molecule has 1 aromatic carbocycles. The van der Waals surface area contributed by atoms with E-state index in [0.717, 1.165) is 18.4 Å². The minimum atomic E-state index is -0.721. The monoisotopic (exact) mass is 314 g/mol. The first kappa shape index (κ1) is 15.6. The van der Waals surface area contributed by atoms with Crippen LogP contribution in [0.15, 0.2) is 35.6 Å². The summed E-state index contributed by atoms with van der Waals surface area (Å²) in [7, 11) is 0. The average molecular weight is 314 g/mol. The quantitative estimate of drug-likeness (QED) is 0.750. The Morgan fingerprint density at radius 3 is 2.57 bits per heavy atom. The molecule has 23 heavy (non-hydrogen) atoms. The second-order valence-corrected chi connectivity index (χ2v) is 6.66. The Labute approximate surface area is 135 Å². The summed E-state index contributed by atoms with van der Waals surface area (Å²) in [6.07, 6.45) is 3.25. The second kappa shape index (κ2) is 5.72. The standard InChI is InChI=1S/C18H22N2O3/c1-11(2)12-7-3-4-8-13(12)19-16(22)14-15(21)18(20-17(14)23)9-5-6-10-18/h3-4,7-8,11,21H,5-6,9-10H2,1-2H3,(H,19,22)(H,20,23). The summed E-state index contributed by atoms with van der Waals surface area (Å²) in [5.74, 6) is -0.881. The van der Waals surface area contributed by atoms with E-state index in [1.807, 2.05) is 38.1 Å². The van der Waals surface area contributed by atoms with Crippen molar-refractivity contribution in [2.75, 3.05) is 5.32 Å². The number of para-hydroxylation sites is 1. The zero-order valence-corrected chi connectivity index (χ0v) is 13.5. The molecule has 0 atom stereocenters. The maximum absolute atomic E-state index is 12.6. The van der Waals surface area contributed by atoms with Gasteiger partial charge in [0.1, 0.15) is 11.3 Å². The van der Waals surface area contributed by atoms with Crippen LogP contribution < -0.4 is 10.6 Å². The summed E-state index contributed by atoms with van der Waals surface area (Å²) in [6.45, 7) is 4.08. The van der Waals surface area contributed by atoms with Crippen LogP contribution in [0.5, 0.6) is 0 Å². The maximum Gasteiger partial charge on any atom is 0.264 e. The number of rotatable bonds is 3. The van der Waals surface area contributed by atoms with Crippen LogP contribution in [0.4, 0.5) is 5.69 Å². The van der Waals surface area contributed by atoms with E-state index < -0.39 is 17.4 Å². The number of aliphatic hydroxyl groups excluding tert-OH is 1. The SMILES string of the molecule is CC(C)c1ccccc1NC(=O)C1=C(O)C2(CCCC2)NC1=O. The Balaban J connectivity index is 1.89. The maximum atomic E-state index is 12.6. The summed E-state index contributed by atoms with van der Waals surface area (Å²) >= 11 is 0. The molecule has 1 spiro atoms. The van der Waals surface area contributed by atoms with Crippen LogP contribution >= 0.6 is 0 Å². The number of nitrogens with one attached hydrogen (secondary N) is 2. The molecule has 0 unspecified atom stereocenters. The van der Waals surface area contributed by atoms with Crippen LogP contribution in [0.1, 0.15) is 51.0 Å². The third-order valence-electron chi connectivity index (χ3n) is 4.79. The molecule has 1 aromatic rings. The smallest absolute Gasteiger partial charge is 0.264 e. The summed E-state index contributed by atoms with van der Waals surface area (Å²) in [5, 5.41) is 16.1. The van der Waals surface area contributed by atoms with Crippen molar-refractivity contribution in [3.63, 3.8) is 0 Å². The molecule has 1 aliphatic carbocycles. The first-order valence-electron chi connectivity index (χ1n) is 8.11. The van der Waals surface area contributed by atoms with Crippen molar-refractivity contribution in [1.82, 2.24) is 5.32 Å². The zero-order chi connectivity index (χ0) is 16.6. The van der Waals surface area contributed by atoms with Gasteiger partial charge in [-0.05, 0) is 30.4 Å². The van der Waals surface area contributed by atoms with Gasteiger partial charge in [-0.25, -0.2) is 0 Å². The van der Waals surface area contributed by atoms with Gasteiger partial charge in [0.2, 0.25) is 0 Å². The van der Waals surface area contributed by atoms with Crippen LogP contribution in [0.3, 0.4) is 0 Å². The third kappa shape index (κ3) is 2.60. The fourth-order valence-corrected chi connectivity index (χ4v) is 3.54. The van der Waals surface area contributed by atoms with Crippen molar-refractivity contribution in [3.8, 4) is 0 Å². The molecule has 1 fully saturated rings. The molecule has 3 N–H and O–H groups in total. The Morgan fingerprint density at radius 1 is 1.26 bits per heavy atom. The van der Waals surface area contributed by atoms with E-state index in [1.165, 1.54) is 0 Å². The van der Waals surface area contributed by atoms with Crippen molar-refractivity contribution in [1.29, 1.82) is 0 Å². The van der Waals surface area contributed by atoms with Gasteiger partial charge in [-0.1, -0.05) is 44.9 Å². The van der Waals surface area contributed by atoms with Crippen molar-refractivity contribution >= 4 is 17.5 Å². The molecule has 0 saturated heterocycles. The molecule has 0 radical (unpaired) electrons. The lowest BCUT2D eigenvalue weighted by molar-refractivity contribution is -0.121. The highest BCUT2D eigenvalue weighted by Crippen LogP contribution is 2.40. The van der Waals surface area contributed by atoms with E-state index in [2.05, 4.69) is 10.6 Å². The van der Waals surface area contributed by atoms with Gasteiger partial charge < -0.3 is 15.7 Å². The van der Waals surface area contributed by atoms with E-state index in [1.54, 1.807) is 0 Å². The minimum Gasteiger partial charge on any atom is -0.509 e. The van der Waals surface area contributed by atoms with Gasteiger partial charge in [0.05, 0.1) is 5.54 Å². The number of carbonyl (C=O) groups excluding carboxylic acids is 2. The Morgan fingerprint density at radius 2 is 1.91 bits per heavy atom. The molecule has 1 aliphatic heterocycles. The molecule has 3 rings (SSSR count). The number of benzene rings is 1. The molecule has 5 nitrogen and oxygen atoms in total. The van der Waals surface area contributed by atoms with Crippen molar-refractivity contribution in [2.24, 2.45) is 0 Å². The number of hydrogen-bond acceptors (Lipinski definition) is 3. The molecule has 122 valence electrons. The first-order chi connectivity index (χ1) is 10.9. The van der Waals surface area contributed by atoms with Gasteiger partial charge in [-0.15, -0.1) is 0 Å². The van der Waals surface area contributed by atoms with Crippen LogP contribution in [-0.4, -0.2) is 22.5 Å². The molecular formula is C18H22N2O3. The molecule has 2 aliphatic rings. The van der Waals surface area contributed by atoms with E-state index >= 15 is 0 Å². The lowest BCUT2D eigenvalue weighted by atomic mass is 9.95. The van der Waals surface area contributed by atoms with Gasteiger partial charge in [-0.3, -0.25) is 9.59 Å². The largest absolute Gasteiger partial charge is 0.509 e. The Kier molecular flexibility index (Phi) is 3.88. The highest BCUT2D eigenvalue weighted by atomic mass is 16.3. The van der Waals surface area contributed by atoms with Gasteiger partial charge >= 0.3 is 0 Å². The van der Waals surface area contributed by atoms with Crippen molar-refractivity contribution in [3.05, 3.63) is 41.2 Å². The topological polar surface area (TPSA) is 78.4 Å². The van der Waals surface area contributed by atoms with E-state index in [4.69, 9.17) is 0 Å². The van der Waals surface area contributed by atoms with Crippen molar-refractivity contribution in [2.45, 2.75) is 51.0 Å². The first-order valence-corrected chi connectivity index (χ1v) is 8.11. The molecule has 0 aromatic heterocycles. The number of carbonyl (C=O) groups is 2. The molecule has 1 heterocycles.